The minimum absolute atomic E-state index is 0.144. The lowest BCUT2D eigenvalue weighted by atomic mass is 10.1. The summed E-state index contributed by atoms with van der Waals surface area (Å²) in [5, 5.41) is 22.9. The molecule has 1 amide bonds. The molecule has 110 valence electrons. The number of anilines is 1. The van der Waals surface area contributed by atoms with E-state index in [-0.39, 0.29) is 22.9 Å². The maximum atomic E-state index is 11.9. The van der Waals surface area contributed by atoms with E-state index in [0.29, 0.717) is 10.6 Å². The van der Waals surface area contributed by atoms with Gasteiger partial charge in [0.15, 0.2) is 5.75 Å². The van der Waals surface area contributed by atoms with Gasteiger partial charge in [-0.1, -0.05) is 41.4 Å². The average Bonchev–Trinajstić information content (AvgIpc) is 2.44. The van der Waals surface area contributed by atoms with Crippen LogP contribution in [0.4, 0.5) is 5.69 Å². The van der Waals surface area contributed by atoms with Gasteiger partial charge in [0.2, 0.25) is 5.91 Å². The van der Waals surface area contributed by atoms with E-state index in [1.165, 1.54) is 12.1 Å². The fraction of sp³-hybridized carbons (Fsp3) is 0.133. The second kappa shape index (κ2) is 6.80. The number of phenolic OH excluding ortho intramolecular Hbond substituents is 1. The minimum Gasteiger partial charge on any atom is -0.504 e. The van der Waals surface area contributed by atoms with Crippen molar-refractivity contribution in [3.05, 3.63) is 58.1 Å². The Morgan fingerprint density at radius 3 is 2.48 bits per heavy atom. The molecule has 0 bridgehead atoms. The van der Waals surface area contributed by atoms with Gasteiger partial charge in [-0.25, -0.2) is 0 Å². The van der Waals surface area contributed by atoms with Gasteiger partial charge in [0.25, 0.3) is 0 Å². The molecule has 0 aliphatic rings. The number of amides is 1. The zero-order valence-corrected chi connectivity index (χ0v) is 12.4. The van der Waals surface area contributed by atoms with Crippen molar-refractivity contribution in [1.82, 2.24) is 0 Å². The second-order valence-corrected chi connectivity index (χ2v) is 5.30. The number of rotatable bonds is 4. The van der Waals surface area contributed by atoms with Crippen molar-refractivity contribution in [1.29, 1.82) is 0 Å². The highest BCUT2D eigenvalue weighted by atomic mass is 35.5. The molecule has 0 heterocycles. The summed E-state index contributed by atoms with van der Waals surface area (Å²) in [6, 6.07) is 11.2. The molecule has 0 aliphatic heterocycles. The second-order valence-electron chi connectivity index (χ2n) is 4.46. The number of phenols is 1. The third-order valence-electron chi connectivity index (χ3n) is 2.89. The maximum absolute atomic E-state index is 11.9. The average molecular weight is 326 g/mol. The highest BCUT2D eigenvalue weighted by molar-refractivity contribution is 6.32. The number of benzene rings is 2. The molecule has 0 saturated carbocycles. The van der Waals surface area contributed by atoms with Gasteiger partial charge in [0, 0.05) is 5.02 Å². The Bertz CT molecular complexity index is 644. The number of para-hydroxylation sites is 1. The molecule has 0 radical (unpaired) electrons. The summed E-state index contributed by atoms with van der Waals surface area (Å²) in [6.45, 7) is 0. The number of aromatic hydroxyl groups is 1. The number of aliphatic hydroxyl groups is 1. The van der Waals surface area contributed by atoms with Crippen LogP contribution < -0.4 is 5.32 Å². The largest absolute Gasteiger partial charge is 0.504 e. The molecule has 2 aromatic carbocycles. The lowest BCUT2D eigenvalue weighted by Crippen LogP contribution is -2.15. The Labute approximate surface area is 131 Å². The van der Waals surface area contributed by atoms with Crippen molar-refractivity contribution in [3.63, 3.8) is 0 Å². The Balaban J connectivity index is 2.01. The number of carbonyl (C=O) groups is 1. The van der Waals surface area contributed by atoms with Crippen LogP contribution >= 0.6 is 23.2 Å². The van der Waals surface area contributed by atoms with Gasteiger partial charge in [0.05, 0.1) is 23.2 Å². The van der Waals surface area contributed by atoms with Crippen LogP contribution in [0, 0.1) is 0 Å². The van der Waals surface area contributed by atoms with Gasteiger partial charge in [0.1, 0.15) is 0 Å². The Morgan fingerprint density at radius 1 is 1.14 bits per heavy atom. The van der Waals surface area contributed by atoms with Crippen LogP contribution in [0.3, 0.4) is 0 Å². The Morgan fingerprint density at radius 2 is 1.81 bits per heavy atom. The van der Waals surface area contributed by atoms with Crippen molar-refractivity contribution >= 4 is 34.8 Å². The first-order valence-corrected chi connectivity index (χ1v) is 6.94. The molecule has 1 unspecified atom stereocenters. The fourth-order valence-corrected chi connectivity index (χ4v) is 2.10. The van der Waals surface area contributed by atoms with Gasteiger partial charge in [-0.3, -0.25) is 4.79 Å². The van der Waals surface area contributed by atoms with Gasteiger partial charge in [-0.15, -0.1) is 0 Å². The molecule has 3 N–H and O–H groups in total. The third kappa shape index (κ3) is 4.11. The zero-order valence-electron chi connectivity index (χ0n) is 10.9. The Kier molecular flexibility index (Phi) is 5.07. The molecule has 1 atom stereocenters. The van der Waals surface area contributed by atoms with E-state index in [2.05, 4.69) is 5.32 Å². The smallest absolute Gasteiger partial charge is 0.227 e. The number of halogens is 2. The van der Waals surface area contributed by atoms with E-state index in [0.717, 1.165) is 0 Å². The van der Waals surface area contributed by atoms with Crippen molar-refractivity contribution in [3.8, 4) is 5.75 Å². The SMILES string of the molecule is O=C(CC(O)c1ccc(Cl)cc1)Nc1cccc(Cl)c1O. The molecule has 2 rings (SSSR count). The third-order valence-corrected chi connectivity index (χ3v) is 3.45. The van der Waals surface area contributed by atoms with E-state index in [1.54, 1.807) is 30.3 Å². The standard InChI is InChI=1S/C15H13Cl2NO3/c16-10-6-4-9(5-7-10)13(19)8-14(20)18-12-3-1-2-11(17)15(12)21/h1-7,13,19,21H,8H2,(H,18,20). The zero-order chi connectivity index (χ0) is 15.4. The summed E-state index contributed by atoms with van der Waals surface area (Å²) in [5.41, 5.74) is 0.792. The summed E-state index contributed by atoms with van der Waals surface area (Å²) in [5.74, 6) is -0.636. The van der Waals surface area contributed by atoms with E-state index in [1.807, 2.05) is 0 Å². The first kappa shape index (κ1) is 15.6. The molecule has 0 aromatic heterocycles. The fourth-order valence-electron chi connectivity index (χ4n) is 1.80. The summed E-state index contributed by atoms with van der Waals surface area (Å²) >= 11 is 11.5. The Hall–Kier alpha value is -1.75. The molecular weight excluding hydrogens is 313 g/mol. The van der Waals surface area contributed by atoms with Gasteiger partial charge >= 0.3 is 0 Å². The van der Waals surface area contributed by atoms with Crippen LogP contribution in [0.2, 0.25) is 10.0 Å². The topological polar surface area (TPSA) is 69.6 Å². The number of nitrogens with one attached hydrogen (secondary N) is 1. The highest BCUT2D eigenvalue weighted by Crippen LogP contribution is 2.31. The molecule has 0 aliphatic carbocycles. The number of hydrogen-bond acceptors (Lipinski definition) is 3. The monoisotopic (exact) mass is 325 g/mol. The lowest BCUT2D eigenvalue weighted by Gasteiger charge is -2.12. The predicted molar refractivity (Wildman–Crippen MR) is 82.8 cm³/mol. The summed E-state index contributed by atoms with van der Waals surface area (Å²) in [7, 11) is 0. The maximum Gasteiger partial charge on any atom is 0.227 e. The normalized spacial score (nSPS) is 12.0. The number of carbonyl (C=O) groups excluding carboxylic acids is 1. The van der Waals surface area contributed by atoms with Crippen molar-refractivity contribution < 1.29 is 15.0 Å². The van der Waals surface area contributed by atoms with Crippen LogP contribution in [0.25, 0.3) is 0 Å². The quantitative estimate of drug-likeness (QED) is 0.749. The minimum atomic E-state index is -0.955. The predicted octanol–water partition coefficient (Wildman–Crippen LogP) is 3.76. The lowest BCUT2D eigenvalue weighted by molar-refractivity contribution is -0.118. The molecule has 0 saturated heterocycles. The first-order chi connectivity index (χ1) is 9.97. The summed E-state index contributed by atoms with van der Waals surface area (Å²) < 4.78 is 0. The van der Waals surface area contributed by atoms with E-state index < -0.39 is 12.0 Å². The van der Waals surface area contributed by atoms with Gasteiger partial charge in [-0.2, -0.15) is 0 Å². The molecule has 21 heavy (non-hydrogen) atoms. The van der Waals surface area contributed by atoms with Crippen molar-refractivity contribution in [2.24, 2.45) is 0 Å². The molecule has 4 nitrogen and oxygen atoms in total. The van der Waals surface area contributed by atoms with E-state index >= 15 is 0 Å². The molecule has 0 spiro atoms. The van der Waals surface area contributed by atoms with Crippen LogP contribution in [-0.2, 0) is 4.79 Å². The number of hydrogen-bond donors (Lipinski definition) is 3. The molecule has 2 aromatic rings. The van der Waals surface area contributed by atoms with Crippen molar-refractivity contribution in [2.75, 3.05) is 5.32 Å². The number of aliphatic hydroxyl groups excluding tert-OH is 1. The highest BCUT2D eigenvalue weighted by Gasteiger charge is 2.15. The van der Waals surface area contributed by atoms with Crippen LogP contribution in [-0.4, -0.2) is 16.1 Å². The first-order valence-electron chi connectivity index (χ1n) is 6.18. The van der Waals surface area contributed by atoms with Crippen LogP contribution in [0.5, 0.6) is 5.75 Å². The summed E-state index contributed by atoms with van der Waals surface area (Å²) in [6.07, 6.45) is -1.10. The van der Waals surface area contributed by atoms with Gasteiger partial charge in [-0.05, 0) is 29.8 Å². The van der Waals surface area contributed by atoms with Crippen LogP contribution in [0.15, 0.2) is 42.5 Å². The molecule has 6 heteroatoms. The molecular formula is C15H13Cl2NO3. The summed E-state index contributed by atoms with van der Waals surface area (Å²) in [4.78, 5) is 11.9. The molecule has 0 fully saturated rings. The van der Waals surface area contributed by atoms with E-state index in [4.69, 9.17) is 23.2 Å². The van der Waals surface area contributed by atoms with Gasteiger partial charge < -0.3 is 15.5 Å². The van der Waals surface area contributed by atoms with Crippen LogP contribution in [0.1, 0.15) is 18.1 Å². The van der Waals surface area contributed by atoms with Crippen molar-refractivity contribution in [2.45, 2.75) is 12.5 Å². The van der Waals surface area contributed by atoms with E-state index in [9.17, 15) is 15.0 Å².